The van der Waals surface area contributed by atoms with Crippen LogP contribution in [0.2, 0.25) is 0 Å². The van der Waals surface area contributed by atoms with Crippen LogP contribution >= 0.6 is 11.8 Å². The third-order valence-electron chi connectivity index (χ3n) is 2.35. The Labute approximate surface area is 105 Å². The summed E-state index contributed by atoms with van der Waals surface area (Å²) in [6.45, 7) is 3.47. The van der Waals surface area contributed by atoms with Gasteiger partial charge >= 0.3 is 5.97 Å². The van der Waals surface area contributed by atoms with Crippen LogP contribution in [-0.4, -0.2) is 22.1 Å². The monoisotopic (exact) mass is 252 g/mol. The van der Waals surface area contributed by atoms with Gasteiger partial charge in [-0.2, -0.15) is 0 Å². The summed E-state index contributed by atoms with van der Waals surface area (Å²) in [7, 11) is 0. The molecule has 0 radical (unpaired) electrons. The average Bonchev–Trinajstić information content (AvgIpc) is 2.28. The Morgan fingerprint density at radius 3 is 2.65 bits per heavy atom. The zero-order valence-electron chi connectivity index (χ0n) is 9.97. The maximum absolute atomic E-state index is 11.2. The minimum absolute atomic E-state index is 0.00480. The lowest BCUT2D eigenvalue weighted by atomic mass is 10.2. The molecule has 0 fully saturated rings. The van der Waals surface area contributed by atoms with Gasteiger partial charge < -0.3 is 5.11 Å². The van der Waals surface area contributed by atoms with Gasteiger partial charge in [-0.1, -0.05) is 25.5 Å². The first-order valence-corrected chi connectivity index (χ1v) is 6.43. The van der Waals surface area contributed by atoms with Crippen molar-refractivity contribution < 1.29 is 14.7 Å². The summed E-state index contributed by atoms with van der Waals surface area (Å²) in [6.07, 6.45) is 1.46. The second kappa shape index (κ2) is 6.45. The third-order valence-corrected chi connectivity index (χ3v) is 3.59. The molecule has 0 saturated carbocycles. The SMILES string of the molecule is CCCC(Sc1cccc(C(C)=O)c1)C(=O)O. The molecule has 0 amide bonds. The van der Waals surface area contributed by atoms with Gasteiger partial charge in [0.15, 0.2) is 5.78 Å². The molecule has 0 bridgehead atoms. The third kappa shape index (κ3) is 4.23. The number of carboxylic acids is 1. The molecular formula is C13H16O3S. The molecular weight excluding hydrogens is 236 g/mol. The lowest BCUT2D eigenvalue weighted by molar-refractivity contribution is -0.136. The number of benzene rings is 1. The topological polar surface area (TPSA) is 54.4 Å². The minimum atomic E-state index is -0.801. The fourth-order valence-electron chi connectivity index (χ4n) is 1.45. The first kappa shape index (κ1) is 13.8. The molecule has 0 saturated heterocycles. The van der Waals surface area contributed by atoms with Gasteiger partial charge in [-0.15, -0.1) is 11.8 Å². The molecule has 0 spiro atoms. The quantitative estimate of drug-likeness (QED) is 0.624. The molecule has 0 aliphatic heterocycles. The first-order valence-electron chi connectivity index (χ1n) is 5.55. The molecule has 92 valence electrons. The summed E-state index contributed by atoms with van der Waals surface area (Å²) in [5.41, 5.74) is 0.621. The van der Waals surface area contributed by atoms with Crippen molar-refractivity contribution in [3.05, 3.63) is 29.8 Å². The van der Waals surface area contributed by atoms with Crippen molar-refractivity contribution in [3.63, 3.8) is 0 Å². The van der Waals surface area contributed by atoms with E-state index in [2.05, 4.69) is 0 Å². The highest BCUT2D eigenvalue weighted by Crippen LogP contribution is 2.27. The first-order chi connectivity index (χ1) is 8.04. The van der Waals surface area contributed by atoms with E-state index in [1.165, 1.54) is 18.7 Å². The molecule has 0 aliphatic rings. The fraction of sp³-hybridized carbons (Fsp3) is 0.385. The van der Waals surface area contributed by atoms with Gasteiger partial charge in [0.1, 0.15) is 5.25 Å². The second-order valence-corrected chi connectivity index (χ2v) is 5.09. The molecule has 1 unspecified atom stereocenters. The number of carboxylic acid groups (broad SMARTS) is 1. The van der Waals surface area contributed by atoms with Gasteiger partial charge in [0.25, 0.3) is 0 Å². The molecule has 17 heavy (non-hydrogen) atoms. The molecule has 1 aromatic rings. The number of carbonyl (C=O) groups is 2. The Kier molecular flexibility index (Phi) is 5.22. The van der Waals surface area contributed by atoms with Gasteiger partial charge in [0.05, 0.1) is 0 Å². The van der Waals surface area contributed by atoms with Crippen molar-refractivity contribution in [2.45, 2.75) is 36.8 Å². The molecule has 1 N–H and O–H groups in total. The zero-order chi connectivity index (χ0) is 12.8. The number of carbonyl (C=O) groups excluding carboxylic acids is 1. The average molecular weight is 252 g/mol. The number of hydrogen-bond acceptors (Lipinski definition) is 3. The highest BCUT2D eigenvalue weighted by molar-refractivity contribution is 8.00. The molecule has 3 nitrogen and oxygen atoms in total. The van der Waals surface area contributed by atoms with E-state index in [9.17, 15) is 9.59 Å². The van der Waals surface area contributed by atoms with Crippen LogP contribution in [0.5, 0.6) is 0 Å². The summed E-state index contributed by atoms with van der Waals surface area (Å²) >= 11 is 1.30. The van der Waals surface area contributed by atoms with Crippen molar-refractivity contribution in [2.24, 2.45) is 0 Å². The number of thioether (sulfide) groups is 1. The molecule has 0 heterocycles. The lowest BCUT2D eigenvalue weighted by Crippen LogP contribution is -2.15. The largest absolute Gasteiger partial charge is 0.480 e. The number of ketones is 1. The normalized spacial score (nSPS) is 12.1. The summed E-state index contributed by atoms with van der Waals surface area (Å²) in [4.78, 5) is 23.1. The molecule has 0 aromatic heterocycles. The molecule has 1 atom stereocenters. The maximum Gasteiger partial charge on any atom is 0.316 e. The Balaban J connectivity index is 2.82. The van der Waals surface area contributed by atoms with E-state index in [-0.39, 0.29) is 5.78 Å². The molecule has 1 aromatic carbocycles. The van der Waals surface area contributed by atoms with E-state index in [1.807, 2.05) is 13.0 Å². The summed E-state index contributed by atoms with van der Waals surface area (Å²) in [6, 6.07) is 7.10. The predicted octanol–water partition coefficient (Wildman–Crippen LogP) is 3.23. The van der Waals surface area contributed by atoms with Crippen LogP contribution in [0.1, 0.15) is 37.0 Å². The van der Waals surface area contributed by atoms with Crippen molar-refractivity contribution in [1.29, 1.82) is 0 Å². The smallest absolute Gasteiger partial charge is 0.316 e. The predicted molar refractivity (Wildman–Crippen MR) is 68.6 cm³/mol. The molecule has 0 aliphatic carbocycles. The van der Waals surface area contributed by atoms with Gasteiger partial charge in [0, 0.05) is 10.5 Å². The van der Waals surface area contributed by atoms with Gasteiger partial charge in [-0.25, -0.2) is 0 Å². The van der Waals surface area contributed by atoms with Crippen LogP contribution in [0.25, 0.3) is 0 Å². The van der Waals surface area contributed by atoms with Crippen LogP contribution in [0.15, 0.2) is 29.2 Å². The Hall–Kier alpha value is -1.29. The highest BCUT2D eigenvalue weighted by Gasteiger charge is 2.17. The van der Waals surface area contributed by atoms with Crippen molar-refractivity contribution >= 4 is 23.5 Å². The van der Waals surface area contributed by atoms with Crippen LogP contribution < -0.4 is 0 Å². The number of Topliss-reactive ketones (excluding diaryl/α,β-unsaturated/α-hetero) is 1. The number of aliphatic carboxylic acids is 1. The highest BCUT2D eigenvalue weighted by atomic mass is 32.2. The van der Waals surface area contributed by atoms with Crippen molar-refractivity contribution in [3.8, 4) is 0 Å². The van der Waals surface area contributed by atoms with E-state index >= 15 is 0 Å². The number of hydrogen-bond donors (Lipinski definition) is 1. The van der Waals surface area contributed by atoms with Crippen molar-refractivity contribution in [2.75, 3.05) is 0 Å². The van der Waals surface area contributed by atoms with E-state index in [4.69, 9.17) is 5.11 Å². The van der Waals surface area contributed by atoms with Crippen LogP contribution in [0.3, 0.4) is 0 Å². The Morgan fingerprint density at radius 2 is 2.12 bits per heavy atom. The molecule has 4 heteroatoms. The summed E-state index contributed by atoms with van der Waals surface area (Å²) < 4.78 is 0. The minimum Gasteiger partial charge on any atom is -0.480 e. The van der Waals surface area contributed by atoms with Gasteiger partial charge in [0.2, 0.25) is 0 Å². The Bertz CT molecular complexity index is 415. The van der Waals surface area contributed by atoms with Crippen molar-refractivity contribution in [1.82, 2.24) is 0 Å². The summed E-state index contributed by atoms with van der Waals surface area (Å²) in [5.74, 6) is -0.806. The molecule has 1 rings (SSSR count). The Morgan fingerprint density at radius 1 is 1.41 bits per heavy atom. The van der Waals surface area contributed by atoms with E-state index in [0.717, 1.165) is 11.3 Å². The van der Waals surface area contributed by atoms with E-state index in [1.54, 1.807) is 18.2 Å². The second-order valence-electron chi connectivity index (χ2n) is 3.82. The van der Waals surface area contributed by atoms with E-state index < -0.39 is 11.2 Å². The summed E-state index contributed by atoms with van der Waals surface area (Å²) in [5, 5.41) is 8.61. The fourth-order valence-corrected chi connectivity index (χ4v) is 2.58. The van der Waals surface area contributed by atoms with E-state index in [0.29, 0.717) is 12.0 Å². The van der Waals surface area contributed by atoms with Crippen LogP contribution in [0, 0.1) is 0 Å². The van der Waals surface area contributed by atoms with Crippen LogP contribution in [0.4, 0.5) is 0 Å². The van der Waals surface area contributed by atoms with Crippen LogP contribution in [-0.2, 0) is 4.79 Å². The maximum atomic E-state index is 11.2. The number of rotatable bonds is 6. The van der Waals surface area contributed by atoms with Gasteiger partial charge in [-0.3, -0.25) is 9.59 Å². The standard InChI is InChI=1S/C13H16O3S/c1-3-5-12(13(15)16)17-11-7-4-6-10(8-11)9(2)14/h4,6-8,12H,3,5H2,1-2H3,(H,15,16). The lowest BCUT2D eigenvalue weighted by Gasteiger charge is -2.11. The van der Waals surface area contributed by atoms with Gasteiger partial charge in [-0.05, 0) is 25.5 Å². The zero-order valence-corrected chi connectivity index (χ0v) is 10.8.